The molecule has 1 N–H and O–H groups in total. The Morgan fingerprint density at radius 3 is 2.31 bits per heavy atom. The molecule has 0 spiro atoms. The van der Waals surface area contributed by atoms with Gasteiger partial charge in [0.25, 0.3) is 0 Å². The Morgan fingerprint density at radius 1 is 1.11 bits per heavy atom. The summed E-state index contributed by atoms with van der Waals surface area (Å²) in [5, 5.41) is 7.03. The summed E-state index contributed by atoms with van der Waals surface area (Å²) in [6.07, 6.45) is 4.68. The van der Waals surface area contributed by atoms with E-state index < -0.39 is 13.4 Å². The van der Waals surface area contributed by atoms with E-state index in [1.807, 2.05) is 0 Å². The quantitative estimate of drug-likeness (QED) is 0.264. The molecule has 10 heteroatoms. The fourth-order valence-corrected chi connectivity index (χ4v) is 5.46. The Bertz CT molecular complexity index is 1200. The number of hydrogen-bond acceptors (Lipinski definition) is 6. The molecule has 2 aromatic carbocycles. The third-order valence-electron chi connectivity index (χ3n) is 5.09. The maximum Gasteiger partial charge on any atom is 0.363 e. The summed E-state index contributed by atoms with van der Waals surface area (Å²) in [6, 6.07) is 12.8. The lowest BCUT2D eigenvalue weighted by Gasteiger charge is -2.25. The Labute approximate surface area is 204 Å². The van der Waals surface area contributed by atoms with Crippen molar-refractivity contribution >= 4 is 25.3 Å². The summed E-state index contributed by atoms with van der Waals surface area (Å²) >= 11 is 0. The van der Waals surface area contributed by atoms with E-state index in [1.54, 1.807) is 74.2 Å². The molecule has 0 bridgehead atoms. The first-order valence-electron chi connectivity index (χ1n) is 11.1. The second-order valence-electron chi connectivity index (χ2n) is 7.49. The molecule has 1 aromatic heterocycles. The second-order valence-corrected chi connectivity index (χ2v) is 9.55. The molecule has 1 atom stereocenters. The summed E-state index contributed by atoms with van der Waals surface area (Å²) in [7, 11) is -0.302. The van der Waals surface area contributed by atoms with Gasteiger partial charge in [-0.3, -0.25) is 14.0 Å². The van der Waals surface area contributed by atoms with Crippen LogP contribution in [0.4, 0.5) is 10.1 Å². The van der Waals surface area contributed by atoms with Crippen LogP contribution in [0.3, 0.4) is 0 Å². The lowest BCUT2D eigenvalue weighted by molar-refractivity contribution is -0.111. The normalized spacial score (nSPS) is 12.7. The first kappa shape index (κ1) is 26.5. The summed E-state index contributed by atoms with van der Waals surface area (Å²) in [6.45, 7) is 3.91. The third kappa shape index (κ3) is 6.52. The van der Waals surface area contributed by atoms with Gasteiger partial charge >= 0.3 is 7.60 Å². The first-order valence-corrected chi connectivity index (χ1v) is 12.7. The van der Waals surface area contributed by atoms with Gasteiger partial charge in [-0.05, 0) is 61.9 Å². The van der Waals surface area contributed by atoms with Gasteiger partial charge in [0.15, 0.2) is 5.85 Å². The van der Waals surface area contributed by atoms with Gasteiger partial charge in [0.1, 0.15) is 5.82 Å². The number of carbonyl (C=O) groups excluding carboxylic acids is 1. The molecule has 0 aliphatic heterocycles. The number of ether oxygens (including phenoxy) is 1. The van der Waals surface area contributed by atoms with Gasteiger partial charge in [0.05, 0.1) is 25.1 Å². The molecular formula is C25H29FN3O5P. The van der Waals surface area contributed by atoms with Gasteiger partial charge in [0, 0.05) is 37.0 Å². The minimum atomic E-state index is -3.52. The van der Waals surface area contributed by atoms with E-state index in [0.29, 0.717) is 11.3 Å². The molecule has 0 aliphatic rings. The van der Waals surface area contributed by atoms with E-state index >= 15 is 0 Å². The number of aromatic nitrogens is 2. The highest BCUT2D eigenvalue weighted by Gasteiger charge is 2.37. The summed E-state index contributed by atoms with van der Waals surface area (Å²) < 4.78 is 44.3. The lowest BCUT2D eigenvalue weighted by Crippen LogP contribution is -2.10. The molecule has 1 heterocycles. The summed E-state index contributed by atoms with van der Waals surface area (Å²) in [5.74, 6) is -1.56. The highest BCUT2D eigenvalue weighted by atomic mass is 31.2. The average molecular weight is 501 g/mol. The molecule has 0 fully saturated rings. The molecule has 8 nitrogen and oxygen atoms in total. The monoisotopic (exact) mass is 501 g/mol. The molecule has 1 amide bonds. The number of aryl methyl sites for hydroxylation is 1. The van der Waals surface area contributed by atoms with Crippen LogP contribution in [0.1, 0.15) is 30.8 Å². The Morgan fingerprint density at radius 2 is 1.74 bits per heavy atom. The van der Waals surface area contributed by atoms with Crippen LogP contribution in [0.25, 0.3) is 17.3 Å². The highest BCUT2D eigenvalue weighted by molar-refractivity contribution is 7.54. The van der Waals surface area contributed by atoms with Crippen molar-refractivity contribution in [3.8, 4) is 11.3 Å². The number of benzene rings is 2. The van der Waals surface area contributed by atoms with Crippen LogP contribution in [0.2, 0.25) is 0 Å². The number of rotatable bonds is 11. The molecule has 0 aliphatic carbocycles. The molecule has 0 saturated carbocycles. The molecular weight excluding hydrogens is 472 g/mol. The molecule has 0 radical (unpaired) electrons. The van der Waals surface area contributed by atoms with Crippen LogP contribution in [-0.2, 0) is 30.2 Å². The van der Waals surface area contributed by atoms with Crippen molar-refractivity contribution in [1.82, 2.24) is 9.78 Å². The van der Waals surface area contributed by atoms with Gasteiger partial charge < -0.3 is 19.1 Å². The summed E-state index contributed by atoms with van der Waals surface area (Å²) in [5.41, 5.74) is 3.41. The van der Waals surface area contributed by atoms with E-state index in [4.69, 9.17) is 13.8 Å². The number of halogens is 1. The van der Waals surface area contributed by atoms with E-state index in [-0.39, 0.29) is 24.9 Å². The van der Waals surface area contributed by atoms with Crippen LogP contribution in [-0.4, -0.2) is 36.0 Å². The van der Waals surface area contributed by atoms with Crippen molar-refractivity contribution in [2.75, 3.05) is 25.6 Å². The van der Waals surface area contributed by atoms with Gasteiger partial charge in [-0.2, -0.15) is 5.10 Å². The number of methoxy groups -OCH3 is 1. The molecule has 0 saturated heterocycles. The second kappa shape index (κ2) is 12.0. The van der Waals surface area contributed by atoms with Crippen molar-refractivity contribution < 1.29 is 27.5 Å². The third-order valence-corrected chi connectivity index (χ3v) is 7.41. The standard InChI is InChI=1S/C25H29FN3O5P/c1-5-33-35(31,34-6-2)25(32-4)19-9-14-22(15-10-19)28-23(30)16-11-20-17-27-29(3)24(20)18-7-12-21(26)13-8-18/h7-17,25H,5-6H2,1-4H3,(H,28,30). The maximum absolute atomic E-state index is 13.3. The van der Waals surface area contributed by atoms with Crippen LogP contribution in [0.15, 0.2) is 60.8 Å². The Kier molecular flexibility index (Phi) is 9.12. The largest absolute Gasteiger partial charge is 0.364 e. The topological polar surface area (TPSA) is 91.7 Å². The predicted octanol–water partition coefficient (Wildman–Crippen LogP) is 5.79. The zero-order chi connectivity index (χ0) is 25.4. The molecule has 3 aromatic rings. The summed E-state index contributed by atoms with van der Waals surface area (Å²) in [4.78, 5) is 12.5. The van der Waals surface area contributed by atoms with E-state index in [2.05, 4.69) is 10.4 Å². The zero-order valence-electron chi connectivity index (χ0n) is 20.1. The van der Waals surface area contributed by atoms with E-state index in [0.717, 1.165) is 16.8 Å². The van der Waals surface area contributed by atoms with Crippen molar-refractivity contribution in [1.29, 1.82) is 0 Å². The van der Waals surface area contributed by atoms with Crippen molar-refractivity contribution in [3.63, 3.8) is 0 Å². The van der Waals surface area contributed by atoms with Crippen LogP contribution in [0, 0.1) is 5.82 Å². The van der Waals surface area contributed by atoms with Crippen molar-refractivity contribution in [3.05, 3.63) is 77.7 Å². The molecule has 35 heavy (non-hydrogen) atoms. The van der Waals surface area contributed by atoms with Crippen LogP contribution >= 0.6 is 7.60 Å². The fourth-order valence-electron chi connectivity index (χ4n) is 3.60. The number of carbonyl (C=O) groups is 1. The number of nitrogens with zero attached hydrogens (tertiary/aromatic N) is 2. The molecule has 186 valence electrons. The number of nitrogens with one attached hydrogen (secondary N) is 1. The van der Waals surface area contributed by atoms with Gasteiger partial charge in [-0.15, -0.1) is 0 Å². The number of anilines is 1. The van der Waals surface area contributed by atoms with Gasteiger partial charge in [0.2, 0.25) is 5.91 Å². The van der Waals surface area contributed by atoms with Crippen LogP contribution < -0.4 is 5.32 Å². The minimum absolute atomic E-state index is 0.220. The van der Waals surface area contributed by atoms with Crippen LogP contribution in [0.5, 0.6) is 0 Å². The Balaban J connectivity index is 1.72. The lowest BCUT2D eigenvalue weighted by atomic mass is 10.1. The molecule has 3 rings (SSSR count). The predicted molar refractivity (Wildman–Crippen MR) is 133 cm³/mol. The maximum atomic E-state index is 13.3. The van der Waals surface area contributed by atoms with Crippen molar-refractivity contribution in [2.24, 2.45) is 7.05 Å². The molecule has 1 unspecified atom stereocenters. The average Bonchev–Trinajstić information content (AvgIpc) is 3.20. The van der Waals surface area contributed by atoms with Gasteiger partial charge in [-0.1, -0.05) is 12.1 Å². The smallest absolute Gasteiger partial charge is 0.363 e. The van der Waals surface area contributed by atoms with E-state index in [9.17, 15) is 13.8 Å². The minimum Gasteiger partial charge on any atom is -0.364 e. The van der Waals surface area contributed by atoms with Gasteiger partial charge in [-0.25, -0.2) is 4.39 Å². The SMILES string of the molecule is CCOP(=O)(OCC)C(OC)c1ccc(NC(=O)C=Cc2cnn(C)c2-c2ccc(F)cc2)cc1. The zero-order valence-corrected chi connectivity index (χ0v) is 21.0. The highest BCUT2D eigenvalue weighted by Crippen LogP contribution is 2.61. The fraction of sp³-hybridized carbons (Fsp3) is 0.280. The Hall–Kier alpha value is -3.10. The first-order chi connectivity index (χ1) is 16.8. The number of hydrogen-bond donors (Lipinski definition) is 1. The van der Waals surface area contributed by atoms with Crippen molar-refractivity contribution in [2.45, 2.75) is 19.7 Å². The number of amides is 1. The van der Waals surface area contributed by atoms with E-state index in [1.165, 1.54) is 25.3 Å².